The summed E-state index contributed by atoms with van der Waals surface area (Å²) in [7, 11) is 0. The highest BCUT2D eigenvalue weighted by Gasteiger charge is 2.12. The number of aliphatic hydroxyl groups excluding tert-OH is 1. The van der Waals surface area contributed by atoms with Crippen LogP contribution in [-0.4, -0.2) is 27.3 Å². The molecule has 0 saturated carbocycles. The number of amides is 1. The van der Waals surface area contributed by atoms with E-state index in [9.17, 15) is 9.90 Å². The van der Waals surface area contributed by atoms with Crippen LogP contribution in [0.1, 0.15) is 28.9 Å². The molecule has 2 rings (SSSR count). The van der Waals surface area contributed by atoms with Gasteiger partial charge in [-0.2, -0.15) is 16.4 Å². The third kappa shape index (κ3) is 2.96. The molecule has 1 atom stereocenters. The van der Waals surface area contributed by atoms with Gasteiger partial charge in [0.15, 0.2) is 0 Å². The lowest BCUT2D eigenvalue weighted by Gasteiger charge is -2.09. The second kappa shape index (κ2) is 5.79. The molecule has 2 aromatic heterocycles. The predicted octanol–water partition coefficient (Wildman–Crippen LogP) is 1.43. The van der Waals surface area contributed by atoms with Crippen molar-refractivity contribution in [3.63, 3.8) is 0 Å². The fourth-order valence-electron chi connectivity index (χ4n) is 1.53. The van der Waals surface area contributed by atoms with E-state index in [1.807, 2.05) is 23.8 Å². The van der Waals surface area contributed by atoms with Crippen molar-refractivity contribution in [1.29, 1.82) is 0 Å². The topological polar surface area (TPSA) is 67.2 Å². The summed E-state index contributed by atoms with van der Waals surface area (Å²) >= 11 is 1.52. The predicted molar refractivity (Wildman–Crippen MR) is 69.5 cm³/mol. The van der Waals surface area contributed by atoms with Crippen LogP contribution in [0.2, 0.25) is 0 Å². The maximum atomic E-state index is 11.8. The molecule has 0 bridgehead atoms. The Bertz CT molecular complexity index is 507. The van der Waals surface area contributed by atoms with Gasteiger partial charge in [0.2, 0.25) is 0 Å². The Morgan fingerprint density at radius 3 is 3.11 bits per heavy atom. The maximum absolute atomic E-state index is 11.8. The molecule has 0 aliphatic rings. The lowest BCUT2D eigenvalue weighted by atomic mass is 10.2. The van der Waals surface area contributed by atoms with Gasteiger partial charge >= 0.3 is 0 Å². The van der Waals surface area contributed by atoms with Crippen LogP contribution in [0, 0.1) is 0 Å². The Kier molecular flexibility index (Phi) is 4.11. The van der Waals surface area contributed by atoms with E-state index in [2.05, 4.69) is 10.4 Å². The van der Waals surface area contributed by atoms with Crippen LogP contribution in [0.3, 0.4) is 0 Å². The fourth-order valence-corrected chi connectivity index (χ4v) is 2.23. The molecular formula is C12H15N3O2S. The first-order chi connectivity index (χ1) is 8.70. The van der Waals surface area contributed by atoms with E-state index in [1.54, 1.807) is 10.9 Å². The standard InChI is InChI=1S/C12H15N3O2S/c1-2-15-7-10(5-14-15)12(17)13-6-11(16)9-3-4-18-8-9/h3-5,7-8,11,16H,2,6H2,1H3,(H,13,17). The molecule has 2 N–H and O–H groups in total. The summed E-state index contributed by atoms with van der Waals surface area (Å²) in [6.07, 6.45) is 2.55. The zero-order chi connectivity index (χ0) is 13.0. The van der Waals surface area contributed by atoms with Gasteiger partial charge in [-0.05, 0) is 29.3 Å². The first-order valence-electron chi connectivity index (χ1n) is 5.71. The quantitative estimate of drug-likeness (QED) is 0.859. The molecule has 0 aliphatic heterocycles. The minimum atomic E-state index is -0.665. The van der Waals surface area contributed by atoms with Gasteiger partial charge in [0.1, 0.15) is 0 Å². The SMILES string of the molecule is CCn1cc(C(=O)NCC(O)c2ccsc2)cn1. The number of aryl methyl sites for hydroxylation is 1. The largest absolute Gasteiger partial charge is 0.387 e. The van der Waals surface area contributed by atoms with Crippen molar-refractivity contribution in [2.24, 2.45) is 0 Å². The van der Waals surface area contributed by atoms with Crippen molar-refractivity contribution in [3.05, 3.63) is 40.3 Å². The minimum absolute atomic E-state index is 0.201. The Morgan fingerprint density at radius 1 is 1.67 bits per heavy atom. The van der Waals surface area contributed by atoms with Gasteiger partial charge in [0, 0.05) is 19.3 Å². The third-order valence-corrected chi connectivity index (χ3v) is 3.30. The number of carbonyl (C=O) groups excluding carboxylic acids is 1. The van der Waals surface area contributed by atoms with Gasteiger partial charge in [0.05, 0.1) is 17.9 Å². The zero-order valence-corrected chi connectivity index (χ0v) is 10.9. The summed E-state index contributed by atoms with van der Waals surface area (Å²) < 4.78 is 1.68. The third-order valence-electron chi connectivity index (χ3n) is 2.60. The number of nitrogens with zero attached hydrogens (tertiary/aromatic N) is 2. The molecule has 6 heteroatoms. The number of carbonyl (C=O) groups is 1. The molecule has 1 amide bonds. The van der Waals surface area contributed by atoms with Crippen LogP contribution in [0.25, 0.3) is 0 Å². The van der Waals surface area contributed by atoms with Gasteiger partial charge < -0.3 is 10.4 Å². The maximum Gasteiger partial charge on any atom is 0.254 e. The van der Waals surface area contributed by atoms with Crippen molar-refractivity contribution < 1.29 is 9.90 Å². The van der Waals surface area contributed by atoms with Gasteiger partial charge in [-0.1, -0.05) is 0 Å². The number of thiophene rings is 1. The fraction of sp³-hybridized carbons (Fsp3) is 0.333. The molecule has 0 aromatic carbocycles. The molecule has 0 radical (unpaired) electrons. The average molecular weight is 265 g/mol. The van der Waals surface area contributed by atoms with Gasteiger partial charge in [0.25, 0.3) is 5.91 Å². The van der Waals surface area contributed by atoms with E-state index in [0.29, 0.717) is 5.56 Å². The molecule has 96 valence electrons. The molecule has 0 saturated heterocycles. The number of hydrogen-bond acceptors (Lipinski definition) is 4. The Balaban J connectivity index is 1.88. The summed E-state index contributed by atoms with van der Waals surface area (Å²) in [6.45, 7) is 2.88. The molecule has 0 aliphatic carbocycles. The van der Waals surface area contributed by atoms with E-state index in [1.165, 1.54) is 17.5 Å². The molecule has 0 spiro atoms. The minimum Gasteiger partial charge on any atom is -0.387 e. The highest BCUT2D eigenvalue weighted by atomic mass is 32.1. The molecular weight excluding hydrogens is 250 g/mol. The van der Waals surface area contributed by atoms with Crippen LogP contribution in [0.15, 0.2) is 29.2 Å². The van der Waals surface area contributed by atoms with Crippen molar-refractivity contribution in [2.75, 3.05) is 6.54 Å². The van der Waals surface area contributed by atoms with Crippen LogP contribution in [0.4, 0.5) is 0 Å². The Labute approximate surface area is 109 Å². The highest BCUT2D eigenvalue weighted by Crippen LogP contribution is 2.15. The molecule has 18 heavy (non-hydrogen) atoms. The summed E-state index contributed by atoms with van der Waals surface area (Å²) in [6, 6.07) is 1.84. The van der Waals surface area contributed by atoms with E-state index in [-0.39, 0.29) is 12.5 Å². The zero-order valence-electron chi connectivity index (χ0n) is 10.0. The first-order valence-corrected chi connectivity index (χ1v) is 6.65. The number of nitrogens with one attached hydrogen (secondary N) is 1. The summed E-state index contributed by atoms with van der Waals surface area (Å²) in [5, 5.41) is 20.3. The monoisotopic (exact) mass is 265 g/mol. The summed E-state index contributed by atoms with van der Waals surface area (Å²) in [5.41, 5.74) is 1.33. The number of rotatable bonds is 5. The van der Waals surface area contributed by atoms with Crippen molar-refractivity contribution in [2.45, 2.75) is 19.6 Å². The first kappa shape index (κ1) is 12.8. The van der Waals surface area contributed by atoms with Crippen LogP contribution >= 0.6 is 11.3 Å². The van der Waals surface area contributed by atoms with Gasteiger partial charge in [-0.15, -0.1) is 0 Å². The number of aliphatic hydroxyl groups is 1. The lowest BCUT2D eigenvalue weighted by Crippen LogP contribution is -2.27. The van der Waals surface area contributed by atoms with Crippen molar-refractivity contribution >= 4 is 17.2 Å². The van der Waals surface area contributed by atoms with Crippen molar-refractivity contribution in [1.82, 2.24) is 15.1 Å². The van der Waals surface area contributed by atoms with E-state index >= 15 is 0 Å². The highest BCUT2D eigenvalue weighted by molar-refractivity contribution is 7.07. The molecule has 2 heterocycles. The molecule has 5 nitrogen and oxygen atoms in total. The second-order valence-corrected chi connectivity index (χ2v) is 4.65. The van der Waals surface area contributed by atoms with Crippen molar-refractivity contribution in [3.8, 4) is 0 Å². The van der Waals surface area contributed by atoms with Crippen LogP contribution < -0.4 is 5.32 Å². The molecule has 0 fully saturated rings. The normalized spacial score (nSPS) is 12.3. The second-order valence-electron chi connectivity index (χ2n) is 3.87. The van der Waals surface area contributed by atoms with Gasteiger partial charge in [-0.25, -0.2) is 0 Å². The Hall–Kier alpha value is -1.66. The average Bonchev–Trinajstić information content (AvgIpc) is 3.05. The summed E-state index contributed by atoms with van der Waals surface area (Å²) in [4.78, 5) is 11.8. The lowest BCUT2D eigenvalue weighted by molar-refractivity contribution is 0.0916. The smallest absolute Gasteiger partial charge is 0.254 e. The van der Waals surface area contributed by atoms with Gasteiger partial charge in [-0.3, -0.25) is 9.48 Å². The van der Waals surface area contributed by atoms with Crippen LogP contribution in [-0.2, 0) is 6.54 Å². The molecule has 1 unspecified atom stereocenters. The van der Waals surface area contributed by atoms with Crippen LogP contribution in [0.5, 0.6) is 0 Å². The number of aromatic nitrogens is 2. The summed E-state index contributed by atoms with van der Waals surface area (Å²) in [5.74, 6) is -0.219. The Morgan fingerprint density at radius 2 is 2.50 bits per heavy atom. The van der Waals surface area contributed by atoms with E-state index in [4.69, 9.17) is 0 Å². The number of hydrogen-bond donors (Lipinski definition) is 2. The molecule has 2 aromatic rings. The van der Waals surface area contributed by atoms with E-state index in [0.717, 1.165) is 12.1 Å². The van der Waals surface area contributed by atoms with E-state index < -0.39 is 6.10 Å².